The number of amides is 3. The zero-order chi connectivity index (χ0) is 17.0. The zero-order valence-corrected chi connectivity index (χ0v) is 14.6. The molecule has 2 rings (SSSR count). The monoisotopic (exact) mass is 337 g/mol. The van der Waals surface area contributed by atoms with Crippen molar-refractivity contribution >= 4 is 23.5 Å². The van der Waals surface area contributed by atoms with Gasteiger partial charge in [0.1, 0.15) is 6.04 Å². The molecule has 1 fully saturated rings. The Bertz CT molecular complexity index is 589. The molecule has 5 nitrogen and oxygen atoms in total. The first-order chi connectivity index (χ1) is 10.8. The van der Waals surface area contributed by atoms with Crippen molar-refractivity contribution in [2.24, 2.45) is 0 Å². The summed E-state index contributed by atoms with van der Waals surface area (Å²) in [6.07, 6.45) is 1.56. The van der Waals surface area contributed by atoms with E-state index in [1.54, 1.807) is 11.9 Å². The molecule has 1 aliphatic heterocycles. The van der Waals surface area contributed by atoms with Gasteiger partial charge in [-0.3, -0.25) is 4.79 Å². The number of carbonyl (C=O) groups is 2. The molecule has 3 amide bonds. The molecule has 1 saturated heterocycles. The van der Waals surface area contributed by atoms with Crippen LogP contribution in [0, 0.1) is 0 Å². The fraction of sp³-hybridized carbons (Fsp3) is 0.529. The van der Waals surface area contributed by atoms with Crippen molar-refractivity contribution in [1.82, 2.24) is 15.5 Å². The van der Waals surface area contributed by atoms with Gasteiger partial charge in [-0.25, -0.2) is 4.79 Å². The highest BCUT2D eigenvalue weighted by Gasteiger charge is 2.34. The average Bonchev–Trinajstić information content (AvgIpc) is 3.01. The van der Waals surface area contributed by atoms with Gasteiger partial charge in [0.05, 0.1) is 0 Å². The summed E-state index contributed by atoms with van der Waals surface area (Å²) in [4.78, 5) is 25.9. The van der Waals surface area contributed by atoms with Crippen LogP contribution in [0.3, 0.4) is 0 Å². The van der Waals surface area contributed by atoms with E-state index in [9.17, 15) is 9.59 Å². The third-order valence-corrected chi connectivity index (χ3v) is 4.59. The smallest absolute Gasteiger partial charge is 0.318 e. The summed E-state index contributed by atoms with van der Waals surface area (Å²) in [5, 5.41) is 6.26. The molecule has 1 atom stereocenters. The molecule has 0 aromatic heterocycles. The highest BCUT2D eigenvalue weighted by Crippen LogP contribution is 2.25. The Morgan fingerprint density at radius 3 is 2.78 bits per heavy atom. The van der Waals surface area contributed by atoms with Crippen LogP contribution >= 0.6 is 11.6 Å². The fourth-order valence-corrected chi connectivity index (χ4v) is 3.05. The molecule has 0 aliphatic carbocycles. The normalized spacial score (nSPS) is 17.9. The Hall–Kier alpha value is -1.75. The van der Waals surface area contributed by atoms with E-state index in [-0.39, 0.29) is 23.4 Å². The summed E-state index contributed by atoms with van der Waals surface area (Å²) < 4.78 is 0. The summed E-state index contributed by atoms with van der Waals surface area (Å²) in [5.41, 5.74) is 0.817. The van der Waals surface area contributed by atoms with Crippen LogP contribution in [-0.4, -0.2) is 43.0 Å². The molecular formula is C17H24ClN3O2. The van der Waals surface area contributed by atoms with Crippen LogP contribution in [0.1, 0.15) is 32.3 Å². The number of likely N-dealkylation sites (N-methyl/N-ethyl adjacent to an activating group) is 1. The Kier molecular flexibility index (Phi) is 5.52. The van der Waals surface area contributed by atoms with E-state index >= 15 is 0 Å². The molecule has 1 aromatic rings. The number of rotatable bonds is 4. The molecule has 1 aromatic carbocycles. The minimum Gasteiger partial charge on any atom is -0.357 e. The summed E-state index contributed by atoms with van der Waals surface area (Å²) in [6.45, 7) is 5.20. The molecular weight excluding hydrogens is 314 g/mol. The maximum absolute atomic E-state index is 12.4. The molecule has 23 heavy (non-hydrogen) atoms. The molecule has 0 saturated carbocycles. The van der Waals surface area contributed by atoms with Crippen LogP contribution in [0.4, 0.5) is 4.79 Å². The van der Waals surface area contributed by atoms with Crippen molar-refractivity contribution in [1.29, 1.82) is 0 Å². The molecule has 1 heterocycles. The van der Waals surface area contributed by atoms with Gasteiger partial charge in [0.15, 0.2) is 0 Å². The summed E-state index contributed by atoms with van der Waals surface area (Å²) >= 11 is 6.05. The number of urea groups is 1. The lowest BCUT2D eigenvalue weighted by molar-refractivity contribution is -0.124. The van der Waals surface area contributed by atoms with Crippen LogP contribution in [0.5, 0.6) is 0 Å². The zero-order valence-electron chi connectivity index (χ0n) is 13.9. The lowest BCUT2D eigenvalue weighted by Gasteiger charge is -2.29. The van der Waals surface area contributed by atoms with E-state index in [0.29, 0.717) is 24.5 Å². The number of likely N-dealkylation sites (tertiary alicyclic amines) is 1. The number of nitrogens with one attached hydrogen (secondary N) is 2. The molecule has 0 spiro atoms. The van der Waals surface area contributed by atoms with Gasteiger partial charge in [0.25, 0.3) is 0 Å². The number of carbonyl (C=O) groups excluding carboxylic acids is 2. The molecule has 2 N–H and O–H groups in total. The largest absolute Gasteiger partial charge is 0.357 e. The summed E-state index contributed by atoms with van der Waals surface area (Å²) in [6, 6.07) is 7.10. The maximum Gasteiger partial charge on any atom is 0.318 e. The minimum atomic E-state index is -0.366. The van der Waals surface area contributed by atoms with Gasteiger partial charge in [0, 0.05) is 30.6 Å². The molecule has 0 bridgehead atoms. The van der Waals surface area contributed by atoms with Crippen molar-refractivity contribution in [2.45, 2.75) is 38.1 Å². The van der Waals surface area contributed by atoms with Gasteiger partial charge < -0.3 is 15.5 Å². The van der Waals surface area contributed by atoms with Crippen LogP contribution in [-0.2, 0) is 10.2 Å². The van der Waals surface area contributed by atoms with Gasteiger partial charge in [-0.15, -0.1) is 0 Å². The SMILES string of the molecule is CNC(=O)[C@H]1CCCN1C(=O)NCC(C)(C)c1cccc(Cl)c1. The Morgan fingerprint density at radius 1 is 1.39 bits per heavy atom. The highest BCUT2D eigenvalue weighted by molar-refractivity contribution is 6.30. The predicted molar refractivity (Wildman–Crippen MR) is 91.7 cm³/mol. The summed E-state index contributed by atoms with van der Waals surface area (Å²) in [5.74, 6) is -0.105. The fourth-order valence-electron chi connectivity index (χ4n) is 2.86. The second kappa shape index (κ2) is 7.21. The van der Waals surface area contributed by atoms with E-state index in [0.717, 1.165) is 12.0 Å². The lowest BCUT2D eigenvalue weighted by Crippen LogP contribution is -2.50. The average molecular weight is 338 g/mol. The summed E-state index contributed by atoms with van der Waals surface area (Å²) in [7, 11) is 1.60. The van der Waals surface area contributed by atoms with Crippen LogP contribution in [0.25, 0.3) is 0 Å². The minimum absolute atomic E-state index is 0.105. The van der Waals surface area contributed by atoms with Gasteiger partial charge in [-0.2, -0.15) is 0 Å². The Balaban J connectivity index is 1.99. The van der Waals surface area contributed by atoms with E-state index in [1.165, 1.54) is 0 Å². The van der Waals surface area contributed by atoms with Crippen LogP contribution < -0.4 is 10.6 Å². The number of nitrogens with zero attached hydrogens (tertiary/aromatic N) is 1. The van der Waals surface area contributed by atoms with E-state index in [4.69, 9.17) is 11.6 Å². The first-order valence-corrected chi connectivity index (χ1v) is 8.25. The topological polar surface area (TPSA) is 61.4 Å². The predicted octanol–water partition coefficient (Wildman–Crippen LogP) is 2.54. The number of benzene rings is 1. The Labute approximate surface area is 142 Å². The van der Waals surface area contributed by atoms with E-state index in [2.05, 4.69) is 24.5 Å². The lowest BCUT2D eigenvalue weighted by atomic mass is 9.84. The van der Waals surface area contributed by atoms with Crippen LogP contribution in [0.2, 0.25) is 5.02 Å². The number of hydrogen-bond donors (Lipinski definition) is 2. The number of hydrogen-bond acceptors (Lipinski definition) is 2. The first-order valence-electron chi connectivity index (χ1n) is 7.87. The van der Waals surface area contributed by atoms with Crippen molar-refractivity contribution in [3.63, 3.8) is 0 Å². The molecule has 0 unspecified atom stereocenters. The second-order valence-corrected chi connectivity index (χ2v) is 6.96. The van der Waals surface area contributed by atoms with Gasteiger partial charge in [0.2, 0.25) is 5.91 Å². The van der Waals surface area contributed by atoms with Gasteiger partial charge >= 0.3 is 6.03 Å². The van der Waals surface area contributed by atoms with Crippen LogP contribution in [0.15, 0.2) is 24.3 Å². The highest BCUT2D eigenvalue weighted by atomic mass is 35.5. The maximum atomic E-state index is 12.4. The van der Waals surface area contributed by atoms with Crippen molar-refractivity contribution in [3.8, 4) is 0 Å². The van der Waals surface area contributed by atoms with Crippen molar-refractivity contribution in [2.75, 3.05) is 20.1 Å². The third-order valence-electron chi connectivity index (χ3n) is 4.35. The van der Waals surface area contributed by atoms with Crippen molar-refractivity contribution < 1.29 is 9.59 Å². The second-order valence-electron chi connectivity index (χ2n) is 6.52. The van der Waals surface area contributed by atoms with Gasteiger partial charge in [-0.05, 0) is 30.5 Å². The Morgan fingerprint density at radius 2 is 2.13 bits per heavy atom. The molecule has 126 valence electrons. The molecule has 1 aliphatic rings. The molecule has 6 heteroatoms. The van der Waals surface area contributed by atoms with Crippen molar-refractivity contribution in [3.05, 3.63) is 34.9 Å². The molecule has 0 radical (unpaired) electrons. The quantitative estimate of drug-likeness (QED) is 0.887. The standard InChI is InChI=1S/C17H24ClN3O2/c1-17(2,12-6-4-7-13(18)10-12)11-20-16(23)21-9-5-8-14(21)15(22)19-3/h4,6-7,10,14H,5,8-9,11H2,1-3H3,(H,19,22)(H,20,23)/t14-/m1/s1. The van der Waals surface area contributed by atoms with E-state index < -0.39 is 0 Å². The first kappa shape index (κ1) is 17.6. The number of halogens is 1. The van der Waals surface area contributed by atoms with Gasteiger partial charge in [-0.1, -0.05) is 37.6 Å². The third kappa shape index (κ3) is 4.16. The van der Waals surface area contributed by atoms with E-state index in [1.807, 2.05) is 24.3 Å².